The van der Waals surface area contributed by atoms with Crippen molar-refractivity contribution in [3.8, 4) is 23.0 Å². The summed E-state index contributed by atoms with van der Waals surface area (Å²) < 4.78 is 2.01. The van der Waals surface area contributed by atoms with Gasteiger partial charge in [0.1, 0.15) is 11.3 Å². The summed E-state index contributed by atoms with van der Waals surface area (Å²) in [5.41, 5.74) is 7.68. The van der Waals surface area contributed by atoms with E-state index in [1.54, 1.807) is 6.20 Å². The Hall–Kier alpha value is -4.21. The van der Waals surface area contributed by atoms with Gasteiger partial charge in [0.25, 0.3) is 5.91 Å². The van der Waals surface area contributed by atoms with Crippen LogP contribution < -0.4 is 0 Å². The molecule has 4 aromatic rings. The van der Waals surface area contributed by atoms with Crippen molar-refractivity contribution in [2.45, 2.75) is 6.42 Å². The molecule has 35 heavy (non-hydrogen) atoms. The van der Waals surface area contributed by atoms with Gasteiger partial charge in [-0.1, -0.05) is 24.1 Å². The second kappa shape index (κ2) is 8.86. The summed E-state index contributed by atoms with van der Waals surface area (Å²) in [5.74, 6) is 6.62. The Kier molecular flexibility index (Phi) is 5.40. The summed E-state index contributed by atoms with van der Waals surface area (Å²) in [5, 5.41) is 0. The number of benzene rings is 2. The van der Waals surface area contributed by atoms with Crippen molar-refractivity contribution in [2.75, 3.05) is 33.2 Å². The van der Waals surface area contributed by atoms with Gasteiger partial charge in [-0.25, -0.2) is 4.98 Å². The van der Waals surface area contributed by atoms with Gasteiger partial charge in [-0.3, -0.25) is 14.2 Å². The SMILES string of the molecule is CN1CCN(C(=O)c2ccc(-c3ccc4ncc(C#Cc5ccc6c(c5)N=CC6)n4c3)cc2)CC1. The molecule has 0 saturated carbocycles. The molecular weight excluding hydrogens is 434 g/mol. The van der Waals surface area contributed by atoms with Gasteiger partial charge in [0, 0.05) is 56.1 Å². The zero-order valence-electron chi connectivity index (χ0n) is 19.6. The first-order valence-electron chi connectivity index (χ1n) is 11.9. The average Bonchev–Trinajstić information content (AvgIpc) is 3.53. The molecule has 0 atom stereocenters. The van der Waals surface area contributed by atoms with E-state index in [1.807, 2.05) is 58.0 Å². The second-order valence-electron chi connectivity index (χ2n) is 9.07. The van der Waals surface area contributed by atoms with E-state index in [2.05, 4.69) is 52.1 Å². The van der Waals surface area contributed by atoms with Crippen LogP contribution >= 0.6 is 0 Å². The molecule has 0 N–H and O–H groups in total. The number of piperazine rings is 1. The van der Waals surface area contributed by atoms with Crippen LogP contribution in [0.2, 0.25) is 0 Å². The first-order valence-corrected chi connectivity index (χ1v) is 11.9. The minimum Gasteiger partial charge on any atom is -0.336 e. The molecule has 0 aliphatic carbocycles. The van der Waals surface area contributed by atoms with Crippen LogP contribution in [0.1, 0.15) is 27.2 Å². The number of pyridine rings is 1. The van der Waals surface area contributed by atoms with Gasteiger partial charge in [-0.05, 0) is 66.1 Å². The minimum atomic E-state index is 0.101. The number of aromatic nitrogens is 2. The van der Waals surface area contributed by atoms with E-state index in [0.29, 0.717) is 0 Å². The number of aliphatic imine (C=N–C) groups is 1. The van der Waals surface area contributed by atoms with Crippen molar-refractivity contribution >= 4 is 23.5 Å². The van der Waals surface area contributed by atoms with E-state index >= 15 is 0 Å². The highest BCUT2D eigenvalue weighted by Gasteiger charge is 2.20. The van der Waals surface area contributed by atoms with Crippen LogP contribution in [0, 0.1) is 11.8 Å². The van der Waals surface area contributed by atoms with Crippen molar-refractivity contribution < 1.29 is 4.79 Å². The van der Waals surface area contributed by atoms with Crippen molar-refractivity contribution in [1.82, 2.24) is 19.2 Å². The zero-order chi connectivity index (χ0) is 23.8. The quantitative estimate of drug-likeness (QED) is 0.425. The van der Waals surface area contributed by atoms with Gasteiger partial charge >= 0.3 is 0 Å². The molecule has 2 aromatic heterocycles. The summed E-state index contributed by atoms with van der Waals surface area (Å²) in [7, 11) is 2.09. The average molecular weight is 460 g/mol. The van der Waals surface area contributed by atoms with Crippen molar-refractivity contribution in [2.24, 2.45) is 4.99 Å². The summed E-state index contributed by atoms with van der Waals surface area (Å²) in [4.78, 5) is 26.0. The van der Waals surface area contributed by atoms with E-state index in [9.17, 15) is 4.79 Å². The Balaban J connectivity index is 1.24. The maximum atomic E-state index is 12.9. The van der Waals surface area contributed by atoms with Crippen molar-refractivity contribution in [1.29, 1.82) is 0 Å². The highest BCUT2D eigenvalue weighted by molar-refractivity contribution is 5.94. The zero-order valence-corrected chi connectivity index (χ0v) is 19.6. The molecule has 2 aliphatic heterocycles. The lowest BCUT2D eigenvalue weighted by Gasteiger charge is -2.32. The van der Waals surface area contributed by atoms with Crippen LogP contribution in [0.25, 0.3) is 16.8 Å². The van der Waals surface area contributed by atoms with E-state index in [1.165, 1.54) is 5.56 Å². The normalized spacial score (nSPS) is 15.2. The van der Waals surface area contributed by atoms with Gasteiger partial charge in [-0.15, -0.1) is 0 Å². The molecule has 6 nitrogen and oxygen atoms in total. The Morgan fingerprint density at radius 1 is 0.914 bits per heavy atom. The molecule has 4 heterocycles. The largest absolute Gasteiger partial charge is 0.336 e. The number of carbonyl (C=O) groups excluding carboxylic acids is 1. The van der Waals surface area contributed by atoms with Crippen LogP contribution in [0.3, 0.4) is 0 Å². The Morgan fingerprint density at radius 2 is 1.71 bits per heavy atom. The topological polar surface area (TPSA) is 53.2 Å². The van der Waals surface area contributed by atoms with Crippen molar-refractivity contribution in [3.63, 3.8) is 0 Å². The number of hydrogen-bond acceptors (Lipinski definition) is 4. The van der Waals surface area contributed by atoms with Gasteiger partial charge in [0.2, 0.25) is 0 Å². The summed E-state index contributed by atoms with van der Waals surface area (Å²) >= 11 is 0. The fraction of sp³-hybridized carbons (Fsp3) is 0.207. The Morgan fingerprint density at radius 3 is 2.54 bits per heavy atom. The van der Waals surface area contributed by atoms with Gasteiger partial charge in [0.05, 0.1) is 11.9 Å². The highest BCUT2D eigenvalue weighted by atomic mass is 16.2. The maximum Gasteiger partial charge on any atom is 0.253 e. The lowest BCUT2D eigenvalue weighted by molar-refractivity contribution is 0.0664. The smallest absolute Gasteiger partial charge is 0.253 e. The van der Waals surface area contributed by atoms with E-state index < -0.39 is 0 Å². The lowest BCUT2D eigenvalue weighted by atomic mass is 10.0. The molecule has 1 saturated heterocycles. The van der Waals surface area contributed by atoms with Crippen LogP contribution in [0.5, 0.6) is 0 Å². The third-order valence-corrected chi connectivity index (χ3v) is 6.72. The molecule has 2 aliphatic rings. The predicted molar refractivity (Wildman–Crippen MR) is 138 cm³/mol. The van der Waals surface area contributed by atoms with Crippen LogP contribution in [0.4, 0.5) is 5.69 Å². The number of nitrogens with zero attached hydrogens (tertiary/aromatic N) is 5. The van der Waals surface area contributed by atoms with Gasteiger partial charge in [-0.2, -0.15) is 0 Å². The molecule has 0 radical (unpaired) electrons. The van der Waals surface area contributed by atoms with Crippen LogP contribution in [-0.2, 0) is 6.42 Å². The number of carbonyl (C=O) groups is 1. The fourth-order valence-corrected chi connectivity index (χ4v) is 4.55. The number of rotatable bonds is 2. The molecule has 1 fully saturated rings. The van der Waals surface area contributed by atoms with Crippen LogP contribution in [0.15, 0.2) is 72.0 Å². The minimum absolute atomic E-state index is 0.101. The Bertz CT molecular complexity index is 1510. The molecule has 0 spiro atoms. The van der Waals surface area contributed by atoms with Gasteiger partial charge < -0.3 is 9.80 Å². The molecule has 0 unspecified atom stereocenters. The maximum absolute atomic E-state index is 12.9. The number of likely N-dealkylation sites (N-methyl/N-ethyl adjacent to an activating group) is 1. The third-order valence-electron chi connectivity index (χ3n) is 6.72. The van der Waals surface area contributed by atoms with E-state index in [-0.39, 0.29) is 5.91 Å². The van der Waals surface area contributed by atoms with Gasteiger partial charge in [0.15, 0.2) is 0 Å². The molecule has 6 heteroatoms. The number of fused-ring (bicyclic) bond motifs is 2. The van der Waals surface area contributed by atoms with Crippen molar-refractivity contribution in [3.05, 3.63) is 89.4 Å². The first kappa shape index (κ1) is 21.3. The standard InChI is InChI=1S/C29H25N5O/c1-32-14-16-33(17-15-32)29(35)24-7-5-22(6-8-24)25-9-11-28-31-19-26(34(28)20-25)10-3-21-2-4-23-12-13-30-27(23)18-21/h2,4-9,11,13,18-20H,12,14-17H2,1H3. The molecule has 1 amide bonds. The second-order valence-corrected chi connectivity index (χ2v) is 9.07. The fourth-order valence-electron chi connectivity index (χ4n) is 4.55. The molecular formula is C29H25N5O. The molecule has 172 valence electrons. The van der Waals surface area contributed by atoms with Crippen LogP contribution in [-0.4, -0.2) is 64.5 Å². The number of amides is 1. The van der Waals surface area contributed by atoms with E-state index in [4.69, 9.17) is 0 Å². The summed E-state index contributed by atoms with van der Waals surface area (Å²) in [6.45, 7) is 3.38. The third kappa shape index (κ3) is 4.23. The Labute approximate surface area is 204 Å². The summed E-state index contributed by atoms with van der Waals surface area (Å²) in [6.07, 6.45) is 6.68. The monoisotopic (exact) mass is 459 g/mol. The molecule has 6 rings (SSSR count). The molecule has 0 bridgehead atoms. The number of imidazole rings is 1. The highest BCUT2D eigenvalue weighted by Crippen LogP contribution is 2.25. The van der Waals surface area contributed by atoms with E-state index in [0.717, 1.165) is 71.9 Å². The summed E-state index contributed by atoms with van der Waals surface area (Å²) in [6, 6.07) is 18.1. The number of hydrogen-bond donors (Lipinski definition) is 0. The molecule has 2 aromatic carbocycles. The predicted octanol–water partition coefficient (Wildman–Crippen LogP) is 4.05. The lowest BCUT2D eigenvalue weighted by Crippen LogP contribution is -2.47. The first-order chi connectivity index (χ1) is 17.1.